The standard InChI is InChI=1S/C10H12N2O3/c11-9-5-4-8(3-1-2-6-13)10(7-9)12(14)15/h1,3-5,7,13H,2,6,11H2. The van der Waals surface area contributed by atoms with Crippen molar-refractivity contribution in [2.24, 2.45) is 0 Å². The highest BCUT2D eigenvalue weighted by atomic mass is 16.6. The number of rotatable bonds is 4. The van der Waals surface area contributed by atoms with E-state index in [9.17, 15) is 10.1 Å². The molecule has 5 nitrogen and oxygen atoms in total. The number of anilines is 1. The molecule has 1 aromatic rings. The molecule has 15 heavy (non-hydrogen) atoms. The van der Waals surface area contributed by atoms with E-state index in [0.29, 0.717) is 17.7 Å². The molecule has 0 aliphatic carbocycles. The number of nitro groups is 1. The van der Waals surface area contributed by atoms with Crippen LogP contribution < -0.4 is 5.73 Å². The highest BCUT2D eigenvalue weighted by Crippen LogP contribution is 2.22. The molecule has 0 unspecified atom stereocenters. The zero-order valence-corrected chi connectivity index (χ0v) is 8.09. The number of hydrogen-bond acceptors (Lipinski definition) is 4. The van der Waals surface area contributed by atoms with E-state index in [1.54, 1.807) is 24.3 Å². The molecule has 3 N–H and O–H groups in total. The Labute approximate surface area is 87.0 Å². The van der Waals surface area contributed by atoms with Gasteiger partial charge in [-0.2, -0.15) is 0 Å². The molecule has 0 saturated heterocycles. The summed E-state index contributed by atoms with van der Waals surface area (Å²) >= 11 is 0. The van der Waals surface area contributed by atoms with Gasteiger partial charge < -0.3 is 10.8 Å². The van der Waals surface area contributed by atoms with Crippen molar-refractivity contribution in [2.75, 3.05) is 12.3 Å². The van der Waals surface area contributed by atoms with E-state index in [2.05, 4.69) is 0 Å². The van der Waals surface area contributed by atoms with Gasteiger partial charge >= 0.3 is 0 Å². The summed E-state index contributed by atoms with van der Waals surface area (Å²) in [6, 6.07) is 4.51. The number of hydrogen-bond donors (Lipinski definition) is 2. The lowest BCUT2D eigenvalue weighted by Crippen LogP contribution is -1.94. The van der Waals surface area contributed by atoms with Crippen LogP contribution in [-0.4, -0.2) is 16.6 Å². The predicted molar refractivity (Wildman–Crippen MR) is 58.2 cm³/mol. The highest BCUT2D eigenvalue weighted by Gasteiger charge is 2.10. The van der Waals surface area contributed by atoms with Gasteiger partial charge in [0.05, 0.1) is 10.5 Å². The minimum absolute atomic E-state index is 0.0239. The van der Waals surface area contributed by atoms with Gasteiger partial charge in [-0.3, -0.25) is 10.1 Å². The molecule has 0 radical (unpaired) electrons. The van der Waals surface area contributed by atoms with Crippen LogP contribution in [0, 0.1) is 10.1 Å². The topological polar surface area (TPSA) is 89.4 Å². The van der Waals surface area contributed by atoms with E-state index in [1.165, 1.54) is 6.07 Å². The summed E-state index contributed by atoms with van der Waals surface area (Å²) in [5.74, 6) is 0. The molecular formula is C10H12N2O3. The Bertz CT molecular complexity index is 388. The highest BCUT2D eigenvalue weighted by molar-refractivity contribution is 5.65. The molecule has 1 aromatic carbocycles. The number of benzene rings is 1. The first kappa shape index (κ1) is 11.2. The minimum atomic E-state index is -0.477. The third-order valence-corrected chi connectivity index (χ3v) is 1.84. The number of nitrogens with two attached hydrogens (primary N) is 1. The molecule has 0 aliphatic rings. The van der Waals surface area contributed by atoms with Crippen LogP contribution in [0.1, 0.15) is 12.0 Å². The zero-order chi connectivity index (χ0) is 11.3. The third kappa shape index (κ3) is 3.07. The van der Waals surface area contributed by atoms with Crippen molar-refractivity contribution >= 4 is 17.5 Å². The van der Waals surface area contributed by atoms with Crippen LogP contribution in [0.4, 0.5) is 11.4 Å². The molecule has 5 heteroatoms. The predicted octanol–water partition coefficient (Wildman–Crippen LogP) is 1.57. The molecule has 1 rings (SSSR count). The summed E-state index contributed by atoms with van der Waals surface area (Å²) in [6.07, 6.45) is 3.76. The monoisotopic (exact) mass is 208 g/mol. The quantitative estimate of drug-likeness (QED) is 0.446. The first-order valence-electron chi connectivity index (χ1n) is 4.46. The van der Waals surface area contributed by atoms with Gasteiger partial charge in [-0.1, -0.05) is 12.2 Å². The average molecular weight is 208 g/mol. The molecule has 80 valence electrons. The first-order valence-corrected chi connectivity index (χ1v) is 4.46. The van der Waals surface area contributed by atoms with E-state index in [-0.39, 0.29) is 12.3 Å². The van der Waals surface area contributed by atoms with E-state index < -0.39 is 4.92 Å². The van der Waals surface area contributed by atoms with Crippen molar-refractivity contribution in [2.45, 2.75) is 6.42 Å². The Morgan fingerprint density at radius 3 is 2.87 bits per heavy atom. The number of nitro benzene ring substituents is 1. The molecule has 0 heterocycles. The Hall–Kier alpha value is -1.88. The fourth-order valence-electron chi connectivity index (χ4n) is 1.14. The normalized spacial score (nSPS) is 10.7. The van der Waals surface area contributed by atoms with Gasteiger partial charge in [0.25, 0.3) is 5.69 Å². The van der Waals surface area contributed by atoms with Crippen molar-refractivity contribution < 1.29 is 10.0 Å². The van der Waals surface area contributed by atoms with E-state index in [0.717, 1.165) is 0 Å². The second-order valence-corrected chi connectivity index (χ2v) is 2.99. The van der Waals surface area contributed by atoms with Crippen LogP contribution in [0.3, 0.4) is 0 Å². The molecule has 0 aliphatic heterocycles. The average Bonchev–Trinajstić information content (AvgIpc) is 2.20. The van der Waals surface area contributed by atoms with Gasteiger partial charge in [0, 0.05) is 18.4 Å². The van der Waals surface area contributed by atoms with E-state index in [1.807, 2.05) is 0 Å². The lowest BCUT2D eigenvalue weighted by atomic mass is 10.1. The van der Waals surface area contributed by atoms with Gasteiger partial charge in [-0.05, 0) is 18.6 Å². The summed E-state index contributed by atoms with van der Waals surface area (Å²) < 4.78 is 0. The summed E-state index contributed by atoms with van der Waals surface area (Å²) in [4.78, 5) is 10.2. The van der Waals surface area contributed by atoms with Gasteiger partial charge in [0.1, 0.15) is 0 Å². The van der Waals surface area contributed by atoms with Crippen LogP contribution in [0.5, 0.6) is 0 Å². The summed E-state index contributed by atoms with van der Waals surface area (Å²) in [5.41, 5.74) is 6.28. The molecule has 0 amide bonds. The smallest absolute Gasteiger partial charge is 0.278 e. The molecule has 0 saturated carbocycles. The van der Waals surface area contributed by atoms with Crippen molar-refractivity contribution in [3.8, 4) is 0 Å². The maximum absolute atomic E-state index is 10.7. The maximum Gasteiger partial charge on any atom is 0.278 e. The number of nitrogens with zero attached hydrogens (tertiary/aromatic N) is 1. The third-order valence-electron chi connectivity index (χ3n) is 1.84. The van der Waals surface area contributed by atoms with Crippen molar-refractivity contribution in [3.05, 3.63) is 40.0 Å². The van der Waals surface area contributed by atoms with Gasteiger partial charge in [0.15, 0.2) is 0 Å². The lowest BCUT2D eigenvalue weighted by Gasteiger charge is -1.98. The second kappa shape index (κ2) is 5.11. The molecule has 0 fully saturated rings. The van der Waals surface area contributed by atoms with Crippen LogP contribution in [0.2, 0.25) is 0 Å². The number of aliphatic hydroxyl groups is 1. The molecule has 0 atom stereocenters. The van der Waals surface area contributed by atoms with E-state index >= 15 is 0 Å². The zero-order valence-electron chi connectivity index (χ0n) is 8.09. The number of nitrogen functional groups attached to an aromatic ring is 1. The van der Waals surface area contributed by atoms with Crippen LogP contribution in [0.25, 0.3) is 6.08 Å². The van der Waals surface area contributed by atoms with Crippen LogP contribution in [-0.2, 0) is 0 Å². The fourth-order valence-corrected chi connectivity index (χ4v) is 1.14. The first-order chi connectivity index (χ1) is 7.15. The van der Waals surface area contributed by atoms with Crippen molar-refractivity contribution in [1.82, 2.24) is 0 Å². The van der Waals surface area contributed by atoms with Crippen LogP contribution in [0.15, 0.2) is 24.3 Å². The van der Waals surface area contributed by atoms with Crippen molar-refractivity contribution in [3.63, 3.8) is 0 Å². The largest absolute Gasteiger partial charge is 0.399 e. The minimum Gasteiger partial charge on any atom is -0.399 e. The Balaban J connectivity index is 3.01. The Morgan fingerprint density at radius 1 is 1.53 bits per heavy atom. The summed E-state index contributed by atoms with van der Waals surface area (Å²) in [5, 5.41) is 19.2. The summed E-state index contributed by atoms with van der Waals surface area (Å²) in [6.45, 7) is 0.0271. The molecule has 0 spiro atoms. The van der Waals surface area contributed by atoms with Gasteiger partial charge in [-0.25, -0.2) is 0 Å². The Morgan fingerprint density at radius 2 is 2.27 bits per heavy atom. The molecular weight excluding hydrogens is 196 g/mol. The maximum atomic E-state index is 10.7. The second-order valence-electron chi connectivity index (χ2n) is 2.99. The SMILES string of the molecule is Nc1ccc(C=CCCO)c([N+](=O)[O-])c1. The van der Waals surface area contributed by atoms with E-state index in [4.69, 9.17) is 10.8 Å². The van der Waals surface area contributed by atoms with Gasteiger partial charge in [0.2, 0.25) is 0 Å². The fraction of sp³-hybridized carbons (Fsp3) is 0.200. The molecule has 0 bridgehead atoms. The van der Waals surface area contributed by atoms with Gasteiger partial charge in [-0.15, -0.1) is 0 Å². The lowest BCUT2D eigenvalue weighted by molar-refractivity contribution is -0.385. The number of aliphatic hydroxyl groups excluding tert-OH is 1. The summed E-state index contributed by atoms with van der Waals surface area (Å²) in [7, 11) is 0. The van der Waals surface area contributed by atoms with Crippen LogP contribution >= 0.6 is 0 Å². The molecule has 0 aromatic heterocycles. The Kier molecular flexibility index (Phi) is 3.82. The van der Waals surface area contributed by atoms with Crippen molar-refractivity contribution in [1.29, 1.82) is 0 Å².